The molecule has 0 aromatic heterocycles. The first-order chi connectivity index (χ1) is 7.96. The molecule has 0 rings (SSSR count). The molecule has 1 atom stereocenters. The van der Waals surface area contributed by atoms with E-state index in [1.165, 1.54) is 14.0 Å². The van der Waals surface area contributed by atoms with Crippen molar-refractivity contribution in [3.8, 4) is 0 Å². The highest BCUT2D eigenvalue weighted by atomic mass is 19.4. The number of carbonyl (C=O) groups excluding carboxylic acids is 1. The van der Waals surface area contributed by atoms with Gasteiger partial charge in [0.25, 0.3) is 0 Å². The highest BCUT2D eigenvalue weighted by Crippen LogP contribution is 2.25. The number of alkyl halides is 3. The summed E-state index contributed by atoms with van der Waals surface area (Å²) in [5.41, 5.74) is -2.20. The van der Waals surface area contributed by atoms with Crippen molar-refractivity contribution in [2.24, 2.45) is 0 Å². The Bertz CT molecular complexity index is 292. The van der Waals surface area contributed by atoms with E-state index in [0.29, 0.717) is 0 Å². The Morgan fingerprint density at radius 2 is 1.67 bits per heavy atom. The van der Waals surface area contributed by atoms with Gasteiger partial charge in [-0.3, -0.25) is 10.1 Å². The summed E-state index contributed by atoms with van der Waals surface area (Å²) in [7, 11) is 2.57. The van der Waals surface area contributed by atoms with E-state index in [1.807, 2.05) is 0 Å². The van der Waals surface area contributed by atoms with Gasteiger partial charge >= 0.3 is 12.1 Å². The molecule has 0 bridgehead atoms. The highest BCUT2D eigenvalue weighted by molar-refractivity contribution is 5.80. The Balaban J connectivity index is 4.90. The zero-order valence-corrected chi connectivity index (χ0v) is 11.3. The molecule has 108 valence electrons. The van der Waals surface area contributed by atoms with Gasteiger partial charge < -0.3 is 9.47 Å². The molecular weight excluding hydrogens is 251 g/mol. The van der Waals surface area contributed by atoms with E-state index in [0.717, 1.165) is 7.11 Å². The van der Waals surface area contributed by atoms with Gasteiger partial charge in [0.2, 0.25) is 0 Å². The first-order valence-electron chi connectivity index (χ1n) is 5.41. The summed E-state index contributed by atoms with van der Waals surface area (Å²) in [5.74, 6) is -0.753. The molecule has 0 saturated carbocycles. The van der Waals surface area contributed by atoms with E-state index in [-0.39, 0.29) is 6.42 Å². The number of nitrogens with one attached hydrogen (secondary N) is 1. The van der Waals surface area contributed by atoms with Crippen molar-refractivity contribution in [3.63, 3.8) is 0 Å². The maximum Gasteiger partial charge on any atom is 0.401 e. The number of hydrogen-bond donors (Lipinski definition) is 1. The minimum Gasteiger partial charge on any atom is -0.468 e. The lowest BCUT2D eigenvalue weighted by Gasteiger charge is -2.35. The van der Waals surface area contributed by atoms with Crippen molar-refractivity contribution in [3.05, 3.63) is 0 Å². The predicted octanol–water partition coefficient (Wildman–Crippen LogP) is 1.89. The van der Waals surface area contributed by atoms with Crippen LogP contribution in [0.5, 0.6) is 0 Å². The normalized spacial score (nSPS) is 16.2. The molecule has 0 aliphatic heterocycles. The van der Waals surface area contributed by atoms with Crippen molar-refractivity contribution < 1.29 is 27.4 Å². The largest absolute Gasteiger partial charge is 0.468 e. The topological polar surface area (TPSA) is 47.6 Å². The molecule has 0 spiro atoms. The molecule has 0 heterocycles. The van der Waals surface area contributed by atoms with Gasteiger partial charge in [-0.1, -0.05) is 0 Å². The third-order valence-electron chi connectivity index (χ3n) is 2.65. The van der Waals surface area contributed by atoms with Crippen LogP contribution in [0.25, 0.3) is 0 Å². The third-order valence-corrected chi connectivity index (χ3v) is 2.65. The van der Waals surface area contributed by atoms with E-state index in [9.17, 15) is 18.0 Å². The summed E-state index contributed by atoms with van der Waals surface area (Å²) in [5, 5.41) is 2.20. The quantitative estimate of drug-likeness (QED) is 0.749. The third kappa shape index (κ3) is 5.68. The molecule has 0 aromatic rings. The molecular formula is C11H20F3NO3. The van der Waals surface area contributed by atoms with Crippen molar-refractivity contribution >= 4 is 5.97 Å². The minimum absolute atomic E-state index is 0.0548. The lowest BCUT2D eigenvalue weighted by Crippen LogP contribution is -2.56. The van der Waals surface area contributed by atoms with E-state index in [4.69, 9.17) is 4.74 Å². The van der Waals surface area contributed by atoms with Crippen LogP contribution in [-0.4, -0.2) is 44.0 Å². The van der Waals surface area contributed by atoms with Gasteiger partial charge in [0, 0.05) is 13.5 Å². The highest BCUT2D eigenvalue weighted by Gasteiger charge is 2.42. The van der Waals surface area contributed by atoms with Crippen LogP contribution in [0.3, 0.4) is 0 Å². The fourth-order valence-electron chi connectivity index (χ4n) is 1.65. The molecule has 0 aliphatic carbocycles. The summed E-state index contributed by atoms with van der Waals surface area (Å²) < 4.78 is 46.3. The maximum absolute atomic E-state index is 12.2. The number of carbonyl (C=O) groups is 1. The average molecular weight is 271 g/mol. The predicted molar refractivity (Wildman–Crippen MR) is 60.2 cm³/mol. The number of esters is 1. The molecule has 7 heteroatoms. The van der Waals surface area contributed by atoms with Gasteiger partial charge in [-0.05, 0) is 20.8 Å². The molecule has 0 radical (unpaired) electrons. The number of rotatable bonds is 6. The van der Waals surface area contributed by atoms with Crippen LogP contribution < -0.4 is 5.32 Å². The molecule has 0 amide bonds. The van der Waals surface area contributed by atoms with Crippen LogP contribution >= 0.6 is 0 Å². The van der Waals surface area contributed by atoms with Crippen LogP contribution in [-0.2, 0) is 14.3 Å². The second-order valence-electron chi connectivity index (χ2n) is 4.93. The molecule has 1 unspecified atom stereocenters. The van der Waals surface area contributed by atoms with Crippen LogP contribution in [0.1, 0.15) is 27.2 Å². The number of ether oxygens (including phenoxy) is 2. The zero-order chi connectivity index (χ0) is 14.6. The van der Waals surface area contributed by atoms with Crippen LogP contribution in [0.4, 0.5) is 13.2 Å². The van der Waals surface area contributed by atoms with Gasteiger partial charge in [-0.15, -0.1) is 0 Å². The Hall–Kier alpha value is -0.820. The van der Waals surface area contributed by atoms with Crippen molar-refractivity contribution in [2.75, 3.05) is 20.8 Å². The smallest absolute Gasteiger partial charge is 0.401 e. The van der Waals surface area contributed by atoms with Crippen molar-refractivity contribution in [1.82, 2.24) is 5.32 Å². The van der Waals surface area contributed by atoms with Gasteiger partial charge in [-0.25, -0.2) is 0 Å². The maximum atomic E-state index is 12.2. The summed E-state index contributed by atoms with van der Waals surface area (Å²) in [6.07, 6.45) is -4.34. The summed E-state index contributed by atoms with van der Waals surface area (Å²) in [4.78, 5) is 11.6. The zero-order valence-electron chi connectivity index (χ0n) is 11.3. The first kappa shape index (κ1) is 17.2. The average Bonchev–Trinajstić information content (AvgIpc) is 2.24. The second-order valence-corrected chi connectivity index (χ2v) is 4.93. The number of methoxy groups -OCH3 is 2. The molecule has 0 aliphatic rings. The number of hydrogen-bond acceptors (Lipinski definition) is 4. The summed E-state index contributed by atoms with van der Waals surface area (Å²) in [6, 6.07) is 0. The molecule has 18 heavy (non-hydrogen) atoms. The van der Waals surface area contributed by atoms with Gasteiger partial charge in [0.1, 0.15) is 5.54 Å². The van der Waals surface area contributed by atoms with Crippen molar-refractivity contribution in [2.45, 2.75) is 44.5 Å². The number of halogens is 3. The van der Waals surface area contributed by atoms with Gasteiger partial charge in [0.15, 0.2) is 0 Å². The molecule has 4 nitrogen and oxygen atoms in total. The Morgan fingerprint density at radius 1 is 1.17 bits per heavy atom. The Labute approximate surface area is 105 Å². The van der Waals surface area contributed by atoms with Gasteiger partial charge in [-0.2, -0.15) is 13.2 Å². The summed E-state index contributed by atoms with van der Waals surface area (Å²) >= 11 is 0. The molecule has 1 N–H and O–H groups in total. The molecule has 0 aromatic carbocycles. The summed E-state index contributed by atoms with van der Waals surface area (Å²) in [6.45, 7) is 3.47. The van der Waals surface area contributed by atoms with Crippen LogP contribution in [0.15, 0.2) is 0 Å². The molecule has 0 saturated heterocycles. The van der Waals surface area contributed by atoms with Crippen molar-refractivity contribution in [1.29, 1.82) is 0 Å². The lowest BCUT2D eigenvalue weighted by atomic mass is 9.87. The lowest BCUT2D eigenvalue weighted by molar-refractivity contribution is -0.156. The van der Waals surface area contributed by atoms with Crippen LogP contribution in [0.2, 0.25) is 0 Å². The minimum atomic E-state index is -4.40. The van der Waals surface area contributed by atoms with Crippen LogP contribution in [0, 0.1) is 0 Å². The standard InChI is InChI=1S/C11H20F3NO3/c1-9(2,18-5)6-10(3,8(16)17-4)15-7-11(12,13)14/h15H,6-7H2,1-5H3. The Kier molecular flexibility index (Phi) is 5.61. The monoisotopic (exact) mass is 271 g/mol. The van der Waals surface area contributed by atoms with Gasteiger partial charge in [0.05, 0.1) is 19.3 Å². The SMILES string of the molecule is COC(=O)C(C)(CC(C)(C)OC)NCC(F)(F)F. The van der Waals surface area contributed by atoms with E-state index in [2.05, 4.69) is 10.1 Å². The van der Waals surface area contributed by atoms with E-state index >= 15 is 0 Å². The van der Waals surface area contributed by atoms with E-state index in [1.54, 1.807) is 13.8 Å². The molecule has 0 fully saturated rings. The Morgan fingerprint density at radius 3 is 2.00 bits per heavy atom. The fraction of sp³-hybridized carbons (Fsp3) is 0.909. The van der Waals surface area contributed by atoms with E-state index < -0.39 is 29.8 Å². The fourth-order valence-corrected chi connectivity index (χ4v) is 1.65. The first-order valence-corrected chi connectivity index (χ1v) is 5.41. The second kappa shape index (κ2) is 5.88.